The zero-order valence-corrected chi connectivity index (χ0v) is 18.7. The summed E-state index contributed by atoms with van der Waals surface area (Å²) in [7, 11) is 0. The lowest BCUT2D eigenvalue weighted by Gasteiger charge is -2.11. The molecule has 0 saturated heterocycles. The number of hydrogen-bond acceptors (Lipinski definition) is 4. The fourth-order valence-electron chi connectivity index (χ4n) is 3.23. The first-order valence-electron chi connectivity index (χ1n) is 10.0. The highest BCUT2D eigenvalue weighted by Gasteiger charge is 2.15. The van der Waals surface area contributed by atoms with Crippen molar-refractivity contribution >= 4 is 51.6 Å². The summed E-state index contributed by atoms with van der Waals surface area (Å²) in [6.45, 7) is 2.31. The smallest absolute Gasteiger partial charge is 0.337 e. The van der Waals surface area contributed by atoms with E-state index in [4.69, 9.17) is 0 Å². The van der Waals surface area contributed by atoms with Crippen LogP contribution in [0.3, 0.4) is 0 Å². The largest absolute Gasteiger partial charge is 0.478 e. The Hall–Kier alpha value is -3.58. The maximum Gasteiger partial charge on any atom is 0.337 e. The number of hydrogen-bond donors (Lipinski definition) is 3. The van der Waals surface area contributed by atoms with Crippen molar-refractivity contribution in [3.8, 4) is 0 Å². The van der Waals surface area contributed by atoms with Crippen molar-refractivity contribution < 1.29 is 19.5 Å². The molecule has 3 aromatic carbocycles. The van der Waals surface area contributed by atoms with Crippen LogP contribution in [0.5, 0.6) is 0 Å². The molecule has 0 aromatic heterocycles. The van der Waals surface area contributed by atoms with Gasteiger partial charge in [0.15, 0.2) is 0 Å². The number of carboxylic acid groups (broad SMARTS) is 1. The predicted molar refractivity (Wildman–Crippen MR) is 130 cm³/mol. The third-order valence-electron chi connectivity index (χ3n) is 4.91. The zero-order chi connectivity index (χ0) is 23.1. The molecule has 6 nitrogen and oxygen atoms in total. The number of carbonyl (C=O) groups excluding carboxylic acids is 2. The van der Waals surface area contributed by atoms with E-state index in [9.17, 15) is 19.5 Å². The Balaban J connectivity index is 1.82. The predicted octanol–water partition coefficient (Wildman–Crippen LogP) is 4.67. The first-order valence-corrected chi connectivity index (χ1v) is 11.4. The SMILES string of the molecule is CSCCNC(=O)c1ccc(C(=O)O)c(NC(=O)/C=C(/C)c2ccc3ccccc3c2)c1. The molecule has 164 valence electrons. The quantitative estimate of drug-likeness (QED) is 0.344. The summed E-state index contributed by atoms with van der Waals surface area (Å²) in [4.78, 5) is 36.6. The summed E-state index contributed by atoms with van der Waals surface area (Å²) in [6, 6.07) is 18.0. The lowest BCUT2D eigenvalue weighted by Crippen LogP contribution is -2.26. The molecule has 0 aliphatic heterocycles. The highest BCUT2D eigenvalue weighted by molar-refractivity contribution is 7.98. The van der Waals surface area contributed by atoms with Crippen LogP contribution in [0.15, 0.2) is 66.7 Å². The summed E-state index contributed by atoms with van der Waals surface area (Å²) in [6.07, 6.45) is 3.36. The van der Waals surface area contributed by atoms with E-state index >= 15 is 0 Å². The van der Waals surface area contributed by atoms with Crippen molar-refractivity contribution in [2.24, 2.45) is 0 Å². The molecule has 0 aliphatic rings. The van der Waals surface area contributed by atoms with E-state index < -0.39 is 11.9 Å². The van der Waals surface area contributed by atoms with E-state index in [1.54, 1.807) is 11.8 Å². The molecule has 3 N–H and O–H groups in total. The third kappa shape index (κ3) is 5.76. The highest BCUT2D eigenvalue weighted by Crippen LogP contribution is 2.22. The number of thioether (sulfide) groups is 1. The number of carbonyl (C=O) groups is 3. The number of rotatable bonds is 8. The Morgan fingerprint density at radius 2 is 1.69 bits per heavy atom. The monoisotopic (exact) mass is 448 g/mol. The van der Waals surface area contributed by atoms with Crippen LogP contribution in [0.4, 0.5) is 5.69 Å². The number of nitrogens with one attached hydrogen (secondary N) is 2. The fraction of sp³-hybridized carbons (Fsp3) is 0.160. The Morgan fingerprint density at radius 3 is 2.41 bits per heavy atom. The Labute approximate surface area is 190 Å². The molecule has 0 bridgehead atoms. The maximum absolute atomic E-state index is 12.6. The second-order valence-electron chi connectivity index (χ2n) is 7.19. The zero-order valence-electron chi connectivity index (χ0n) is 17.8. The normalized spacial score (nSPS) is 11.2. The summed E-state index contributed by atoms with van der Waals surface area (Å²) < 4.78 is 0. The third-order valence-corrected chi connectivity index (χ3v) is 5.53. The summed E-state index contributed by atoms with van der Waals surface area (Å²) >= 11 is 1.61. The summed E-state index contributed by atoms with van der Waals surface area (Å²) in [5.74, 6) is -1.22. The van der Waals surface area contributed by atoms with Crippen molar-refractivity contribution in [2.45, 2.75) is 6.92 Å². The molecule has 2 amide bonds. The van der Waals surface area contributed by atoms with Crippen LogP contribution in [-0.4, -0.2) is 41.4 Å². The first kappa shape index (κ1) is 23.1. The number of carboxylic acids is 1. The topological polar surface area (TPSA) is 95.5 Å². The van der Waals surface area contributed by atoms with Gasteiger partial charge in [0, 0.05) is 23.9 Å². The molecule has 7 heteroatoms. The van der Waals surface area contributed by atoms with Gasteiger partial charge in [0.2, 0.25) is 5.91 Å². The van der Waals surface area contributed by atoms with E-state index in [1.165, 1.54) is 24.3 Å². The number of amides is 2. The molecular formula is C25H24N2O4S. The molecule has 3 rings (SSSR count). The Morgan fingerprint density at radius 1 is 0.969 bits per heavy atom. The molecule has 0 heterocycles. The van der Waals surface area contributed by atoms with E-state index in [0.29, 0.717) is 6.54 Å². The molecule has 0 aliphatic carbocycles. The van der Waals surface area contributed by atoms with Gasteiger partial charge < -0.3 is 15.7 Å². The standard InChI is InChI=1S/C25H24N2O4S/c1-16(18-8-7-17-5-3-4-6-19(17)14-18)13-23(28)27-22-15-20(9-10-21(22)25(30)31)24(29)26-11-12-32-2/h3-10,13-15H,11-12H2,1-2H3,(H,26,29)(H,27,28)(H,30,31)/b16-13-. The van der Waals surface area contributed by atoms with E-state index in [0.717, 1.165) is 27.7 Å². The highest BCUT2D eigenvalue weighted by atomic mass is 32.2. The second-order valence-corrected chi connectivity index (χ2v) is 8.18. The number of allylic oxidation sites excluding steroid dienone is 1. The van der Waals surface area contributed by atoms with Crippen molar-refractivity contribution in [1.82, 2.24) is 5.32 Å². The van der Waals surface area contributed by atoms with Crippen molar-refractivity contribution in [1.29, 1.82) is 0 Å². The van der Waals surface area contributed by atoms with Gasteiger partial charge in [-0.3, -0.25) is 9.59 Å². The van der Waals surface area contributed by atoms with Crippen LogP contribution in [0.25, 0.3) is 16.3 Å². The van der Waals surface area contributed by atoms with Crippen molar-refractivity contribution in [2.75, 3.05) is 23.9 Å². The maximum atomic E-state index is 12.6. The molecule has 0 radical (unpaired) electrons. The molecule has 0 saturated carbocycles. The van der Waals surface area contributed by atoms with Gasteiger partial charge in [-0.05, 0) is 59.4 Å². The lowest BCUT2D eigenvalue weighted by atomic mass is 10.0. The Bertz CT molecular complexity index is 1200. The van der Waals surface area contributed by atoms with Gasteiger partial charge in [-0.1, -0.05) is 36.4 Å². The minimum absolute atomic E-state index is 0.0718. The average molecular weight is 449 g/mol. The van der Waals surface area contributed by atoms with Gasteiger partial charge in [0.1, 0.15) is 0 Å². The molecule has 0 unspecified atom stereocenters. The minimum atomic E-state index is -1.19. The van der Waals surface area contributed by atoms with E-state index in [-0.39, 0.29) is 22.7 Å². The number of benzene rings is 3. The number of fused-ring (bicyclic) bond motifs is 1. The van der Waals surface area contributed by atoms with Gasteiger partial charge in [0.05, 0.1) is 11.3 Å². The molecule has 3 aromatic rings. The summed E-state index contributed by atoms with van der Waals surface area (Å²) in [5, 5.41) is 17.0. The van der Waals surface area contributed by atoms with E-state index in [2.05, 4.69) is 10.6 Å². The second kappa shape index (κ2) is 10.6. The van der Waals surface area contributed by atoms with Crippen LogP contribution in [-0.2, 0) is 4.79 Å². The molecule has 0 spiro atoms. The Kier molecular flexibility index (Phi) is 7.68. The molecule has 32 heavy (non-hydrogen) atoms. The van der Waals surface area contributed by atoms with Crippen LogP contribution >= 0.6 is 11.8 Å². The van der Waals surface area contributed by atoms with Gasteiger partial charge in [-0.25, -0.2) is 4.79 Å². The van der Waals surface area contributed by atoms with Crippen LogP contribution in [0.1, 0.15) is 33.2 Å². The van der Waals surface area contributed by atoms with Gasteiger partial charge in [0.25, 0.3) is 5.91 Å². The van der Waals surface area contributed by atoms with E-state index in [1.807, 2.05) is 55.6 Å². The molecule has 0 atom stereocenters. The van der Waals surface area contributed by atoms with Crippen molar-refractivity contribution in [3.05, 3.63) is 83.4 Å². The summed E-state index contributed by atoms with van der Waals surface area (Å²) in [5.41, 5.74) is 1.88. The van der Waals surface area contributed by atoms with Crippen LogP contribution < -0.4 is 10.6 Å². The number of anilines is 1. The van der Waals surface area contributed by atoms with Crippen LogP contribution in [0, 0.1) is 0 Å². The minimum Gasteiger partial charge on any atom is -0.478 e. The van der Waals surface area contributed by atoms with Gasteiger partial charge in [-0.2, -0.15) is 11.8 Å². The van der Waals surface area contributed by atoms with Gasteiger partial charge in [-0.15, -0.1) is 0 Å². The lowest BCUT2D eigenvalue weighted by molar-refractivity contribution is -0.111. The number of aromatic carboxylic acids is 1. The first-order chi connectivity index (χ1) is 15.4. The van der Waals surface area contributed by atoms with Crippen LogP contribution in [0.2, 0.25) is 0 Å². The van der Waals surface area contributed by atoms with Crippen molar-refractivity contribution in [3.63, 3.8) is 0 Å². The average Bonchev–Trinajstić information content (AvgIpc) is 2.78. The molecular weight excluding hydrogens is 424 g/mol. The fourth-order valence-corrected chi connectivity index (χ4v) is 3.53. The molecule has 0 fully saturated rings. The van der Waals surface area contributed by atoms with Gasteiger partial charge >= 0.3 is 5.97 Å².